The highest BCUT2D eigenvalue weighted by molar-refractivity contribution is 5.80. The predicted molar refractivity (Wildman–Crippen MR) is 40.7 cm³/mol. The van der Waals surface area contributed by atoms with Gasteiger partial charge in [-0.3, -0.25) is 0 Å². The molecule has 0 heterocycles. The Morgan fingerprint density at radius 3 is 2.30 bits per heavy atom. The summed E-state index contributed by atoms with van der Waals surface area (Å²) in [5.74, 6) is -0.926. The van der Waals surface area contributed by atoms with Crippen molar-refractivity contribution in [1.82, 2.24) is 0 Å². The molecule has 2 heteroatoms. The summed E-state index contributed by atoms with van der Waals surface area (Å²) in [5, 5.41) is 8.13. The predicted octanol–water partition coefficient (Wildman–Crippen LogP) is 1.76. The van der Waals surface area contributed by atoms with E-state index in [4.69, 9.17) is 5.11 Å². The first kappa shape index (κ1) is 8.69. The zero-order valence-electron chi connectivity index (χ0n) is 5.82. The van der Waals surface area contributed by atoms with E-state index in [-0.39, 0.29) is 0 Å². The van der Waals surface area contributed by atoms with Crippen molar-refractivity contribution in [2.45, 2.75) is 6.92 Å². The summed E-state index contributed by atoms with van der Waals surface area (Å²) < 4.78 is 0. The molecule has 0 fully saturated rings. The van der Waals surface area contributed by atoms with E-state index in [1.165, 1.54) is 6.08 Å². The van der Waals surface area contributed by atoms with Crippen LogP contribution in [-0.2, 0) is 4.79 Å². The molecule has 0 aliphatic carbocycles. The molecule has 0 atom stereocenters. The zero-order chi connectivity index (χ0) is 7.82. The number of allylic oxidation sites excluding steroid dienone is 5. The minimum atomic E-state index is -0.926. The Labute approximate surface area is 60.2 Å². The van der Waals surface area contributed by atoms with Gasteiger partial charge in [0, 0.05) is 6.08 Å². The van der Waals surface area contributed by atoms with Gasteiger partial charge in [-0.1, -0.05) is 30.4 Å². The average Bonchev–Trinajstić information content (AvgIpc) is 1.87. The average molecular weight is 138 g/mol. The van der Waals surface area contributed by atoms with Crippen molar-refractivity contribution >= 4 is 5.97 Å². The van der Waals surface area contributed by atoms with Crippen molar-refractivity contribution in [1.29, 1.82) is 0 Å². The number of carbonyl (C=O) groups is 1. The SMILES string of the molecule is C\C=C/C=C/C=C\C(=O)O. The van der Waals surface area contributed by atoms with Gasteiger partial charge >= 0.3 is 5.97 Å². The van der Waals surface area contributed by atoms with Crippen LogP contribution in [0.1, 0.15) is 6.92 Å². The van der Waals surface area contributed by atoms with Crippen LogP contribution >= 0.6 is 0 Å². The first-order valence-electron chi connectivity index (χ1n) is 2.96. The summed E-state index contributed by atoms with van der Waals surface area (Å²) in [6.45, 7) is 1.89. The number of hydrogen-bond acceptors (Lipinski definition) is 1. The Balaban J connectivity index is 3.62. The van der Waals surface area contributed by atoms with E-state index < -0.39 is 5.97 Å². The lowest BCUT2D eigenvalue weighted by Crippen LogP contribution is -1.84. The fraction of sp³-hybridized carbons (Fsp3) is 0.125. The lowest BCUT2D eigenvalue weighted by molar-refractivity contribution is -0.131. The molecular formula is C8H10O2. The maximum atomic E-state index is 9.89. The Hall–Kier alpha value is -1.31. The van der Waals surface area contributed by atoms with Crippen molar-refractivity contribution in [3.63, 3.8) is 0 Å². The van der Waals surface area contributed by atoms with Crippen LogP contribution in [0.2, 0.25) is 0 Å². The molecule has 0 saturated carbocycles. The number of carboxylic acid groups (broad SMARTS) is 1. The standard InChI is InChI=1S/C8H10O2/c1-2-3-4-5-6-7-8(9)10/h2-7H,1H3,(H,9,10)/b3-2-,5-4+,7-6-. The van der Waals surface area contributed by atoms with Gasteiger partial charge in [-0.25, -0.2) is 4.79 Å². The van der Waals surface area contributed by atoms with E-state index >= 15 is 0 Å². The molecule has 0 aromatic carbocycles. The van der Waals surface area contributed by atoms with Gasteiger partial charge < -0.3 is 5.11 Å². The van der Waals surface area contributed by atoms with E-state index in [9.17, 15) is 4.79 Å². The highest BCUT2D eigenvalue weighted by atomic mass is 16.4. The third-order valence-electron chi connectivity index (χ3n) is 0.765. The quantitative estimate of drug-likeness (QED) is 0.476. The van der Waals surface area contributed by atoms with Crippen molar-refractivity contribution in [3.8, 4) is 0 Å². The molecule has 0 bridgehead atoms. The van der Waals surface area contributed by atoms with Crippen molar-refractivity contribution in [2.75, 3.05) is 0 Å². The molecule has 0 radical (unpaired) electrons. The monoisotopic (exact) mass is 138 g/mol. The molecule has 2 nitrogen and oxygen atoms in total. The molecule has 0 aromatic heterocycles. The minimum absolute atomic E-state index is 0.926. The first-order valence-corrected chi connectivity index (χ1v) is 2.96. The van der Waals surface area contributed by atoms with Crippen LogP contribution in [0.25, 0.3) is 0 Å². The van der Waals surface area contributed by atoms with E-state index in [1.54, 1.807) is 12.2 Å². The highest BCUT2D eigenvalue weighted by Crippen LogP contribution is 1.79. The molecule has 1 N–H and O–H groups in total. The largest absolute Gasteiger partial charge is 0.478 e. The van der Waals surface area contributed by atoms with Crippen LogP contribution in [0.15, 0.2) is 36.5 Å². The van der Waals surface area contributed by atoms with Gasteiger partial charge in [0.05, 0.1) is 0 Å². The second kappa shape index (κ2) is 5.82. The summed E-state index contributed by atoms with van der Waals surface area (Å²) in [7, 11) is 0. The Bertz CT molecular complexity index is 176. The Morgan fingerprint density at radius 2 is 1.80 bits per heavy atom. The molecule has 10 heavy (non-hydrogen) atoms. The highest BCUT2D eigenvalue weighted by Gasteiger charge is 1.78. The van der Waals surface area contributed by atoms with Gasteiger partial charge in [0.25, 0.3) is 0 Å². The number of hydrogen-bond donors (Lipinski definition) is 1. The van der Waals surface area contributed by atoms with Crippen LogP contribution in [0.5, 0.6) is 0 Å². The van der Waals surface area contributed by atoms with E-state index in [2.05, 4.69) is 0 Å². The topological polar surface area (TPSA) is 37.3 Å². The fourth-order valence-electron chi connectivity index (χ4n) is 0.377. The summed E-state index contributed by atoms with van der Waals surface area (Å²) in [5.41, 5.74) is 0. The smallest absolute Gasteiger partial charge is 0.328 e. The molecule has 0 saturated heterocycles. The number of carboxylic acids is 1. The Morgan fingerprint density at radius 1 is 1.20 bits per heavy atom. The summed E-state index contributed by atoms with van der Waals surface area (Å²) >= 11 is 0. The molecule has 0 aliphatic heterocycles. The summed E-state index contributed by atoms with van der Waals surface area (Å²) in [6, 6.07) is 0. The normalized spacial score (nSPS) is 12.1. The summed E-state index contributed by atoms with van der Waals surface area (Å²) in [6.07, 6.45) is 9.67. The molecule has 0 unspecified atom stereocenters. The van der Waals surface area contributed by atoms with E-state index in [1.807, 2.05) is 19.1 Å². The lowest BCUT2D eigenvalue weighted by Gasteiger charge is -1.73. The van der Waals surface area contributed by atoms with Crippen molar-refractivity contribution in [3.05, 3.63) is 36.5 Å². The van der Waals surface area contributed by atoms with Gasteiger partial charge in [0.1, 0.15) is 0 Å². The van der Waals surface area contributed by atoms with Crippen molar-refractivity contribution < 1.29 is 9.90 Å². The molecule has 0 amide bonds. The number of rotatable bonds is 3. The third-order valence-corrected chi connectivity index (χ3v) is 0.765. The second-order valence-electron chi connectivity index (χ2n) is 1.61. The fourth-order valence-corrected chi connectivity index (χ4v) is 0.377. The van der Waals surface area contributed by atoms with Gasteiger partial charge in [-0.15, -0.1) is 0 Å². The van der Waals surface area contributed by atoms with Crippen LogP contribution in [0.3, 0.4) is 0 Å². The Kier molecular flexibility index (Phi) is 5.06. The van der Waals surface area contributed by atoms with E-state index in [0.29, 0.717) is 0 Å². The van der Waals surface area contributed by atoms with E-state index in [0.717, 1.165) is 6.08 Å². The number of aliphatic carboxylic acids is 1. The van der Waals surface area contributed by atoms with Crippen LogP contribution in [-0.4, -0.2) is 11.1 Å². The maximum Gasteiger partial charge on any atom is 0.328 e. The maximum absolute atomic E-state index is 9.89. The lowest BCUT2D eigenvalue weighted by atomic mass is 10.4. The van der Waals surface area contributed by atoms with Gasteiger partial charge in [-0.05, 0) is 6.92 Å². The molecule has 0 aromatic rings. The second-order valence-corrected chi connectivity index (χ2v) is 1.61. The summed E-state index contributed by atoms with van der Waals surface area (Å²) in [4.78, 5) is 9.89. The molecule has 0 aliphatic rings. The zero-order valence-corrected chi connectivity index (χ0v) is 5.82. The van der Waals surface area contributed by atoms with Gasteiger partial charge in [0.15, 0.2) is 0 Å². The van der Waals surface area contributed by atoms with Gasteiger partial charge in [0.2, 0.25) is 0 Å². The first-order chi connectivity index (χ1) is 4.77. The van der Waals surface area contributed by atoms with Crippen molar-refractivity contribution in [2.24, 2.45) is 0 Å². The van der Waals surface area contributed by atoms with Crippen LogP contribution < -0.4 is 0 Å². The third kappa shape index (κ3) is 6.69. The molecule has 0 rings (SSSR count). The molecular weight excluding hydrogens is 128 g/mol. The van der Waals surface area contributed by atoms with Crippen LogP contribution in [0, 0.1) is 0 Å². The van der Waals surface area contributed by atoms with Gasteiger partial charge in [-0.2, -0.15) is 0 Å². The molecule has 54 valence electrons. The van der Waals surface area contributed by atoms with Crippen LogP contribution in [0.4, 0.5) is 0 Å². The molecule has 0 spiro atoms. The minimum Gasteiger partial charge on any atom is -0.478 e.